The molecule has 0 aliphatic rings. The number of hydrogen-bond acceptors (Lipinski definition) is 8. The van der Waals surface area contributed by atoms with Gasteiger partial charge in [0.2, 0.25) is 0 Å². The minimum absolute atomic E-state index is 0.0222. The first kappa shape index (κ1) is 30.9. The molecule has 3 N–H and O–H groups in total. The Labute approximate surface area is 244 Å². The van der Waals surface area contributed by atoms with Crippen molar-refractivity contribution in [3.8, 4) is 23.0 Å². The van der Waals surface area contributed by atoms with Crippen molar-refractivity contribution in [1.29, 1.82) is 0 Å². The molecule has 0 heterocycles. The van der Waals surface area contributed by atoms with Crippen LogP contribution in [0.5, 0.6) is 23.0 Å². The fourth-order valence-corrected chi connectivity index (χ4v) is 3.79. The quantitative estimate of drug-likeness (QED) is 0.158. The molecule has 11 nitrogen and oxygen atoms in total. The van der Waals surface area contributed by atoms with Crippen LogP contribution in [0.3, 0.4) is 0 Å². The lowest BCUT2D eigenvalue weighted by atomic mass is 10.1. The third-order valence-corrected chi connectivity index (χ3v) is 5.98. The topological polar surface area (TPSA) is 137 Å². The van der Waals surface area contributed by atoms with Crippen LogP contribution in [0.2, 0.25) is 0 Å². The number of hydrogen-bond donors (Lipinski definition) is 3. The van der Waals surface area contributed by atoms with Crippen molar-refractivity contribution in [2.24, 2.45) is 5.10 Å². The maximum atomic E-state index is 13.9. The van der Waals surface area contributed by atoms with Gasteiger partial charge in [-0.1, -0.05) is 22.0 Å². The number of methoxy groups -OCH3 is 3. The molecule has 0 aliphatic heterocycles. The molecule has 3 aromatic rings. The second kappa shape index (κ2) is 15.2. The minimum Gasteiger partial charge on any atom is -0.493 e. The Morgan fingerprint density at radius 3 is 2.29 bits per heavy atom. The van der Waals surface area contributed by atoms with Gasteiger partial charge in [0.05, 0.1) is 33.2 Å². The van der Waals surface area contributed by atoms with Crippen molar-refractivity contribution < 1.29 is 37.7 Å². The first-order valence-electron chi connectivity index (χ1n) is 12.1. The van der Waals surface area contributed by atoms with Crippen LogP contribution in [0, 0.1) is 5.82 Å². The van der Waals surface area contributed by atoms with Crippen molar-refractivity contribution in [3.05, 3.63) is 76.0 Å². The van der Waals surface area contributed by atoms with Gasteiger partial charge in [-0.05, 0) is 66.1 Å². The number of ether oxygens (including phenoxy) is 4. The van der Waals surface area contributed by atoms with Gasteiger partial charge in [-0.15, -0.1) is 0 Å². The molecule has 0 unspecified atom stereocenters. The SMILES string of the molecule is COc1ccc(CCNC(=O)C(=O)N/N=C\c2ccc(OCC(=O)Nc3ccc(Br)cc3F)c(OC)c2)cc1OC. The van der Waals surface area contributed by atoms with Crippen molar-refractivity contribution in [2.45, 2.75) is 6.42 Å². The third-order valence-electron chi connectivity index (χ3n) is 5.48. The molecule has 0 radical (unpaired) electrons. The van der Waals surface area contributed by atoms with Gasteiger partial charge in [-0.2, -0.15) is 5.10 Å². The Kier molecular flexibility index (Phi) is 11.5. The Bertz CT molecular complexity index is 1430. The summed E-state index contributed by atoms with van der Waals surface area (Å²) < 4.78 is 35.7. The van der Waals surface area contributed by atoms with Gasteiger partial charge in [0, 0.05) is 11.0 Å². The molecule has 0 atom stereocenters. The average molecular weight is 631 g/mol. The van der Waals surface area contributed by atoms with Crippen LogP contribution in [0.25, 0.3) is 0 Å². The average Bonchev–Trinajstić information content (AvgIpc) is 2.97. The molecule has 3 aromatic carbocycles. The molecule has 0 spiro atoms. The highest BCUT2D eigenvalue weighted by Crippen LogP contribution is 2.28. The van der Waals surface area contributed by atoms with E-state index in [1.165, 1.54) is 38.6 Å². The van der Waals surface area contributed by atoms with Crippen molar-refractivity contribution >= 4 is 45.6 Å². The lowest BCUT2D eigenvalue weighted by Gasteiger charge is -2.12. The van der Waals surface area contributed by atoms with Gasteiger partial charge >= 0.3 is 11.8 Å². The third kappa shape index (κ3) is 9.21. The highest BCUT2D eigenvalue weighted by Gasteiger charge is 2.13. The monoisotopic (exact) mass is 630 g/mol. The number of nitrogens with one attached hydrogen (secondary N) is 3. The summed E-state index contributed by atoms with van der Waals surface area (Å²) in [5, 5.41) is 8.75. The van der Waals surface area contributed by atoms with E-state index < -0.39 is 30.1 Å². The zero-order chi connectivity index (χ0) is 29.8. The van der Waals surface area contributed by atoms with Gasteiger partial charge in [0.1, 0.15) is 5.82 Å². The Hall–Kier alpha value is -4.65. The summed E-state index contributed by atoms with van der Waals surface area (Å²) in [6.07, 6.45) is 1.78. The predicted molar refractivity (Wildman–Crippen MR) is 153 cm³/mol. The standard InChI is InChI=1S/C28H28BrFN4O7/c1-38-22-8-4-17(12-24(22)39-2)10-11-31-27(36)28(37)34-32-15-18-5-9-23(25(13-18)40-3)41-16-26(35)33-21-7-6-19(29)14-20(21)30/h4-9,12-15H,10-11,16H2,1-3H3,(H,31,36)(H,33,35)(H,34,37)/b32-15-. The molecule has 0 bridgehead atoms. The molecule has 3 rings (SSSR count). The lowest BCUT2D eigenvalue weighted by molar-refractivity contribution is -0.139. The van der Waals surface area contributed by atoms with E-state index in [-0.39, 0.29) is 23.7 Å². The number of benzene rings is 3. The Morgan fingerprint density at radius 1 is 0.878 bits per heavy atom. The van der Waals surface area contributed by atoms with Gasteiger partial charge in [0.25, 0.3) is 5.91 Å². The Balaban J connectivity index is 1.46. The van der Waals surface area contributed by atoms with Crippen LogP contribution in [0.4, 0.5) is 10.1 Å². The molecule has 0 aliphatic carbocycles. The summed E-state index contributed by atoms with van der Waals surface area (Å²) in [6, 6.07) is 14.3. The highest BCUT2D eigenvalue weighted by atomic mass is 79.9. The van der Waals surface area contributed by atoms with E-state index in [0.717, 1.165) is 5.56 Å². The number of hydrazone groups is 1. The number of carbonyl (C=O) groups excluding carboxylic acids is 3. The van der Waals surface area contributed by atoms with E-state index in [0.29, 0.717) is 28.0 Å². The second-order valence-corrected chi connectivity index (χ2v) is 9.18. The number of rotatable bonds is 12. The maximum absolute atomic E-state index is 13.9. The van der Waals surface area contributed by atoms with E-state index >= 15 is 0 Å². The summed E-state index contributed by atoms with van der Waals surface area (Å²) in [5.74, 6) is -1.23. The minimum atomic E-state index is -0.936. The number of anilines is 1. The molecule has 13 heteroatoms. The summed E-state index contributed by atoms with van der Waals surface area (Å²) in [6.45, 7) is -0.170. The molecule has 0 saturated carbocycles. The maximum Gasteiger partial charge on any atom is 0.329 e. The van der Waals surface area contributed by atoms with Gasteiger partial charge < -0.3 is 29.6 Å². The summed E-state index contributed by atoms with van der Waals surface area (Å²) in [7, 11) is 4.48. The number of carbonyl (C=O) groups is 3. The normalized spacial score (nSPS) is 10.6. The molecule has 3 amide bonds. The first-order valence-corrected chi connectivity index (χ1v) is 12.9. The van der Waals surface area contributed by atoms with E-state index in [1.807, 2.05) is 6.07 Å². The fraction of sp³-hybridized carbons (Fsp3) is 0.214. The van der Waals surface area contributed by atoms with Crippen LogP contribution in [-0.2, 0) is 20.8 Å². The van der Waals surface area contributed by atoms with Crippen LogP contribution in [-0.4, -0.2) is 58.4 Å². The fourth-order valence-electron chi connectivity index (χ4n) is 3.46. The first-order chi connectivity index (χ1) is 19.7. The Morgan fingerprint density at radius 2 is 1.59 bits per heavy atom. The predicted octanol–water partition coefficient (Wildman–Crippen LogP) is 3.44. The number of amides is 3. The van der Waals surface area contributed by atoms with Crippen LogP contribution in [0.1, 0.15) is 11.1 Å². The summed E-state index contributed by atoms with van der Waals surface area (Å²) in [4.78, 5) is 36.3. The molecular formula is C28H28BrFN4O7. The van der Waals surface area contributed by atoms with Crippen LogP contribution >= 0.6 is 15.9 Å². The van der Waals surface area contributed by atoms with Gasteiger partial charge in [-0.3, -0.25) is 14.4 Å². The molecule has 0 saturated heterocycles. The summed E-state index contributed by atoms with van der Waals surface area (Å²) >= 11 is 3.15. The summed E-state index contributed by atoms with van der Waals surface area (Å²) in [5.41, 5.74) is 3.59. The molecular weight excluding hydrogens is 603 g/mol. The second-order valence-electron chi connectivity index (χ2n) is 8.27. The van der Waals surface area contributed by atoms with Gasteiger partial charge in [0.15, 0.2) is 29.6 Å². The van der Waals surface area contributed by atoms with E-state index in [2.05, 4.69) is 37.1 Å². The largest absolute Gasteiger partial charge is 0.493 e. The zero-order valence-corrected chi connectivity index (χ0v) is 24.0. The van der Waals surface area contributed by atoms with Crippen LogP contribution < -0.4 is 35.0 Å². The highest BCUT2D eigenvalue weighted by molar-refractivity contribution is 9.10. The van der Waals surface area contributed by atoms with Crippen LogP contribution in [0.15, 0.2) is 64.2 Å². The van der Waals surface area contributed by atoms with E-state index in [4.69, 9.17) is 18.9 Å². The van der Waals surface area contributed by atoms with E-state index in [9.17, 15) is 18.8 Å². The number of nitrogens with zero attached hydrogens (tertiary/aromatic N) is 1. The number of halogens is 2. The smallest absolute Gasteiger partial charge is 0.329 e. The molecule has 0 aromatic heterocycles. The van der Waals surface area contributed by atoms with Crippen molar-refractivity contribution in [2.75, 3.05) is 39.8 Å². The van der Waals surface area contributed by atoms with E-state index in [1.54, 1.807) is 37.4 Å². The molecule has 41 heavy (non-hydrogen) atoms. The molecule has 0 fully saturated rings. The molecule has 216 valence electrons. The van der Waals surface area contributed by atoms with Crippen molar-refractivity contribution in [3.63, 3.8) is 0 Å². The lowest BCUT2D eigenvalue weighted by Crippen LogP contribution is -2.38. The zero-order valence-electron chi connectivity index (χ0n) is 22.5. The van der Waals surface area contributed by atoms with Crippen molar-refractivity contribution in [1.82, 2.24) is 10.7 Å². The van der Waals surface area contributed by atoms with Gasteiger partial charge in [-0.25, -0.2) is 9.82 Å².